The van der Waals surface area contributed by atoms with Gasteiger partial charge in [0.1, 0.15) is 6.61 Å². The molecule has 2 aliphatic heterocycles. The van der Waals surface area contributed by atoms with Crippen molar-refractivity contribution in [3.8, 4) is 6.01 Å². The van der Waals surface area contributed by atoms with Crippen LogP contribution in [0, 0.1) is 0 Å². The number of aromatic nitrogens is 3. The Hall–Kier alpha value is -1.63. The summed E-state index contributed by atoms with van der Waals surface area (Å²) in [5.74, 6) is 0.830. The van der Waals surface area contributed by atoms with Gasteiger partial charge in [-0.3, -0.25) is 0 Å². The Morgan fingerprint density at radius 3 is 2.75 bits per heavy atom. The van der Waals surface area contributed by atoms with E-state index >= 15 is 0 Å². The quantitative estimate of drug-likeness (QED) is 0.879. The SMILES string of the molecule is Nc1nc(OCC2CCCCO2)nc(N2CCCC2)n1. The Labute approximate surface area is 118 Å². The van der Waals surface area contributed by atoms with Crippen molar-refractivity contribution in [3.63, 3.8) is 0 Å². The van der Waals surface area contributed by atoms with Crippen LogP contribution in [0.2, 0.25) is 0 Å². The van der Waals surface area contributed by atoms with Gasteiger partial charge in [0.2, 0.25) is 11.9 Å². The highest BCUT2D eigenvalue weighted by Crippen LogP contribution is 2.19. The van der Waals surface area contributed by atoms with Crippen LogP contribution in [-0.2, 0) is 4.74 Å². The Bertz CT molecular complexity index is 444. The maximum Gasteiger partial charge on any atom is 0.323 e. The molecule has 110 valence electrons. The Morgan fingerprint density at radius 2 is 2.00 bits per heavy atom. The van der Waals surface area contributed by atoms with E-state index in [-0.39, 0.29) is 12.1 Å². The summed E-state index contributed by atoms with van der Waals surface area (Å²) in [7, 11) is 0. The second kappa shape index (κ2) is 6.21. The zero-order chi connectivity index (χ0) is 13.8. The van der Waals surface area contributed by atoms with Crippen molar-refractivity contribution in [2.24, 2.45) is 0 Å². The van der Waals surface area contributed by atoms with E-state index in [0.29, 0.717) is 18.6 Å². The molecule has 20 heavy (non-hydrogen) atoms. The minimum Gasteiger partial charge on any atom is -0.461 e. The van der Waals surface area contributed by atoms with Gasteiger partial charge in [-0.2, -0.15) is 15.0 Å². The summed E-state index contributed by atoms with van der Waals surface area (Å²) in [5.41, 5.74) is 5.74. The third-order valence-electron chi connectivity index (χ3n) is 3.68. The van der Waals surface area contributed by atoms with E-state index in [2.05, 4.69) is 19.9 Å². The minimum absolute atomic E-state index is 0.136. The molecule has 3 rings (SSSR count). The molecule has 0 spiro atoms. The van der Waals surface area contributed by atoms with Gasteiger partial charge < -0.3 is 20.1 Å². The van der Waals surface area contributed by atoms with Crippen molar-refractivity contribution in [1.29, 1.82) is 0 Å². The van der Waals surface area contributed by atoms with Crippen molar-refractivity contribution < 1.29 is 9.47 Å². The van der Waals surface area contributed by atoms with E-state index < -0.39 is 0 Å². The molecule has 0 amide bonds. The molecule has 0 bridgehead atoms. The molecule has 1 aromatic heterocycles. The van der Waals surface area contributed by atoms with Crippen LogP contribution < -0.4 is 15.4 Å². The zero-order valence-electron chi connectivity index (χ0n) is 11.6. The van der Waals surface area contributed by atoms with Crippen molar-refractivity contribution in [1.82, 2.24) is 15.0 Å². The summed E-state index contributed by atoms with van der Waals surface area (Å²) < 4.78 is 11.3. The van der Waals surface area contributed by atoms with Gasteiger partial charge in [0, 0.05) is 19.7 Å². The molecule has 0 radical (unpaired) electrons. The largest absolute Gasteiger partial charge is 0.461 e. The maximum atomic E-state index is 5.74. The highest BCUT2D eigenvalue weighted by Gasteiger charge is 2.19. The predicted octanol–water partition coefficient (Wildman–Crippen LogP) is 1.00. The summed E-state index contributed by atoms with van der Waals surface area (Å²) in [5, 5.41) is 0. The van der Waals surface area contributed by atoms with E-state index in [1.54, 1.807) is 0 Å². The van der Waals surface area contributed by atoms with Crippen LogP contribution in [0.4, 0.5) is 11.9 Å². The lowest BCUT2D eigenvalue weighted by Gasteiger charge is -2.22. The fourth-order valence-electron chi connectivity index (χ4n) is 2.59. The fourth-order valence-corrected chi connectivity index (χ4v) is 2.59. The van der Waals surface area contributed by atoms with E-state index in [0.717, 1.165) is 45.4 Å². The van der Waals surface area contributed by atoms with Crippen LogP contribution in [0.1, 0.15) is 32.1 Å². The Morgan fingerprint density at radius 1 is 1.15 bits per heavy atom. The Kier molecular flexibility index (Phi) is 4.15. The van der Waals surface area contributed by atoms with Crippen LogP contribution in [-0.4, -0.2) is 47.4 Å². The summed E-state index contributed by atoms with van der Waals surface area (Å²) in [6.45, 7) is 3.22. The lowest BCUT2D eigenvalue weighted by Crippen LogP contribution is -2.27. The monoisotopic (exact) mass is 279 g/mol. The van der Waals surface area contributed by atoms with Crippen LogP contribution >= 0.6 is 0 Å². The van der Waals surface area contributed by atoms with Gasteiger partial charge in [0.15, 0.2) is 0 Å². The first kappa shape index (κ1) is 13.4. The highest BCUT2D eigenvalue weighted by atomic mass is 16.5. The van der Waals surface area contributed by atoms with E-state index in [1.807, 2.05) is 0 Å². The summed E-state index contributed by atoms with van der Waals surface area (Å²) in [6, 6.07) is 0.300. The molecule has 7 heteroatoms. The number of anilines is 2. The predicted molar refractivity (Wildman–Crippen MR) is 74.8 cm³/mol. The summed E-state index contributed by atoms with van der Waals surface area (Å²) >= 11 is 0. The third-order valence-corrected chi connectivity index (χ3v) is 3.68. The van der Waals surface area contributed by atoms with Gasteiger partial charge in [-0.25, -0.2) is 0 Å². The molecule has 0 aromatic carbocycles. The Balaban J connectivity index is 1.63. The smallest absolute Gasteiger partial charge is 0.323 e. The molecule has 2 aliphatic rings. The van der Waals surface area contributed by atoms with Crippen LogP contribution in [0.25, 0.3) is 0 Å². The maximum absolute atomic E-state index is 5.74. The van der Waals surface area contributed by atoms with Crippen LogP contribution in [0.5, 0.6) is 6.01 Å². The molecule has 2 N–H and O–H groups in total. The van der Waals surface area contributed by atoms with Crippen molar-refractivity contribution in [2.75, 3.05) is 36.9 Å². The number of nitrogen functional groups attached to an aromatic ring is 1. The second-order valence-corrected chi connectivity index (χ2v) is 5.27. The molecule has 1 atom stereocenters. The topological polar surface area (TPSA) is 86.4 Å². The zero-order valence-corrected chi connectivity index (χ0v) is 11.6. The molecule has 3 heterocycles. The van der Waals surface area contributed by atoms with E-state index in [1.165, 1.54) is 6.42 Å². The highest BCUT2D eigenvalue weighted by molar-refractivity contribution is 5.36. The van der Waals surface area contributed by atoms with Gasteiger partial charge in [-0.05, 0) is 32.1 Å². The van der Waals surface area contributed by atoms with Gasteiger partial charge >= 0.3 is 6.01 Å². The molecule has 0 aliphatic carbocycles. The number of ether oxygens (including phenoxy) is 2. The second-order valence-electron chi connectivity index (χ2n) is 5.27. The normalized spacial score (nSPS) is 23.0. The van der Waals surface area contributed by atoms with Crippen molar-refractivity contribution in [3.05, 3.63) is 0 Å². The number of rotatable bonds is 4. The summed E-state index contributed by atoms with van der Waals surface area (Å²) in [6.07, 6.45) is 5.81. The van der Waals surface area contributed by atoms with E-state index in [4.69, 9.17) is 15.2 Å². The van der Waals surface area contributed by atoms with Gasteiger partial charge in [0.25, 0.3) is 0 Å². The van der Waals surface area contributed by atoms with Gasteiger partial charge in [-0.15, -0.1) is 0 Å². The van der Waals surface area contributed by atoms with Gasteiger partial charge in [-0.1, -0.05) is 0 Å². The average Bonchev–Trinajstić information content (AvgIpc) is 3.00. The molecular formula is C13H21N5O2. The van der Waals surface area contributed by atoms with Crippen molar-refractivity contribution >= 4 is 11.9 Å². The van der Waals surface area contributed by atoms with Crippen LogP contribution in [0.3, 0.4) is 0 Å². The molecule has 7 nitrogen and oxygen atoms in total. The first-order chi connectivity index (χ1) is 9.81. The first-order valence-electron chi connectivity index (χ1n) is 7.32. The number of hydrogen-bond acceptors (Lipinski definition) is 7. The average molecular weight is 279 g/mol. The number of nitrogens with two attached hydrogens (primary N) is 1. The van der Waals surface area contributed by atoms with Crippen molar-refractivity contribution in [2.45, 2.75) is 38.2 Å². The van der Waals surface area contributed by atoms with Gasteiger partial charge in [0.05, 0.1) is 6.10 Å². The third kappa shape index (κ3) is 3.27. The number of nitrogens with zero attached hydrogens (tertiary/aromatic N) is 4. The molecule has 0 saturated carbocycles. The fraction of sp³-hybridized carbons (Fsp3) is 0.769. The number of hydrogen-bond donors (Lipinski definition) is 1. The van der Waals surface area contributed by atoms with E-state index in [9.17, 15) is 0 Å². The van der Waals surface area contributed by atoms with Crippen LogP contribution in [0.15, 0.2) is 0 Å². The molecule has 1 aromatic rings. The summed E-state index contributed by atoms with van der Waals surface area (Å²) in [4.78, 5) is 14.7. The lowest BCUT2D eigenvalue weighted by atomic mass is 10.1. The standard InChI is InChI=1S/C13H21N5O2/c14-11-15-12(18-6-2-3-7-18)17-13(16-11)20-9-10-5-1-4-8-19-10/h10H,1-9H2,(H2,14,15,16,17). The lowest BCUT2D eigenvalue weighted by molar-refractivity contribution is -0.0129. The molecule has 1 unspecified atom stereocenters. The minimum atomic E-state index is 0.136. The first-order valence-corrected chi connectivity index (χ1v) is 7.32. The molecule has 2 saturated heterocycles. The molecule has 2 fully saturated rings. The molecular weight excluding hydrogens is 258 g/mol.